The van der Waals surface area contributed by atoms with E-state index < -0.39 is 15.8 Å². The third-order valence-electron chi connectivity index (χ3n) is 3.33. The summed E-state index contributed by atoms with van der Waals surface area (Å²) in [6, 6.07) is 7.33. The molecule has 1 aromatic rings. The highest BCUT2D eigenvalue weighted by Gasteiger charge is 2.34. The van der Waals surface area contributed by atoms with Crippen molar-refractivity contribution in [3.05, 3.63) is 29.8 Å². The van der Waals surface area contributed by atoms with Crippen molar-refractivity contribution in [1.82, 2.24) is 4.90 Å². The second kappa shape index (κ2) is 5.21. The van der Waals surface area contributed by atoms with Crippen LogP contribution in [0, 0.1) is 5.92 Å². The number of nitrogen functional groups attached to an aromatic ring is 1. The lowest BCUT2D eigenvalue weighted by Crippen LogP contribution is -2.33. The van der Waals surface area contributed by atoms with E-state index in [9.17, 15) is 13.2 Å². The summed E-state index contributed by atoms with van der Waals surface area (Å²) in [6.45, 7) is 0.445. The summed E-state index contributed by atoms with van der Waals surface area (Å²) < 4.78 is 22.8. The minimum atomic E-state index is -3.02. The highest BCUT2D eigenvalue weighted by molar-refractivity contribution is 7.91. The number of sulfone groups is 1. The van der Waals surface area contributed by atoms with Crippen molar-refractivity contribution in [2.24, 2.45) is 5.92 Å². The van der Waals surface area contributed by atoms with Crippen LogP contribution in [-0.4, -0.2) is 37.8 Å². The van der Waals surface area contributed by atoms with Gasteiger partial charge in [0.1, 0.15) is 0 Å². The molecule has 0 bridgehead atoms. The van der Waals surface area contributed by atoms with Crippen molar-refractivity contribution in [1.29, 1.82) is 0 Å². The van der Waals surface area contributed by atoms with Crippen molar-refractivity contribution in [3.8, 4) is 0 Å². The van der Waals surface area contributed by atoms with E-state index in [-0.39, 0.29) is 17.4 Å². The van der Waals surface area contributed by atoms with Gasteiger partial charge in [-0.1, -0.05) is 12.1 Å². The molecule has 0 spiro atoms. The molecule has 6 heteroatoms. The predicted molar refractivity (Wildman–Crippen MR) is 74.1 cm³/mol. The molecular formula is C13H18N2O3S. The normalized spacial score (nSPS) is 21.2. The first-order chi connectivity index (χ1) is 8.87. The summed E-state index contributed by atoms with van der Waals surface area (Å²) in [7, 11) is -1.33. The summed E-state index contributed by atoms with van der Waals surface area (Å²) in [6.07, 6.45) is 0.433. The van der Waals surface area contributed by atoms with Crippen LogP contribution >= 0.6 is 0 Å². The van der Waals surface area contributed by atoms with Crippen LogP contribution in [0.4, 0.5) is 5.69 Å². The van der Waals surface area contributed by atoms with Crippen LogP contribution in [-0.2, 0) is 21.2 Å². The Kier molecular flexibility index (Phi) is 3.80. The van der Waals surface area contributed by atoms with Gasteiger partial charge in [0, 0.05) is 19.3 Å². The number of nitrogens with two attached hydrogens (primary N) is 1. The van der Waals surface area contributed by atoms with Crippen LogP contribution in [0.5, 0.6) is 0 Å². The standard InChI is InChI=1S/C13H18N2O3S/c1-15(8-10-3-2-4-12(14)7-10)13(16)11-5-6-19(17,18)9-11/h2-4,7,11H,5-6,8-9,14H2,1H3. The fourth-order valence-electron chi connectivity index (χ4n) is 2.34. The van der Waals surface area contributed by atoms with Crippen LogP contribution in [0.3, 0.4) is 0 Å². The summed E-state index contributed by atoms with van der Waals surface area (Å²) >= 11 is 0. The number of benzene rings is 1. The fourth-order valence-corrected chi connectivity index (χ4v) is 4.08. The highest BCUT2D eigenvalue weighted by Crippen LogP contribution is 2.21. The average molecular weight is 282 g/mol. The monoisotopic (exact) mass is 282 g/mol. The smallest absolute Gasteiger partial charge is 0.226 e. The van der Waals surface area contributed by atoms with Crippen LogP contribution < -0.4 is 5.73 Å². The molecule has 2 rings (SSSR count). The summed E-state index contributed by atoms with van der Waals surface area (Å²) in [4.78, 5) is 13.7. The zero-order valence-corrected chi connectivity index (χ0v) is 11.7. The molecule has 1 aliphatic rings. The van der Waals surface area contributed by atoms with Crippen LogP contribution in [0.2, 0.25) is 0 Å². The Morgan fingerprint density at radius 3 is 2.79 bits per heavy atom. The second-order valence-corrected chi connectivity index (χ2v) is 7.27. The van der Waals surface area contributed by atoms with Crippen molar-refractivity contribution in [2.45, 2.75) is 13.0 Å². The summed E-state index contributed by atoms with van der Waals surface area (Å²) in [5.74, 6) is -0.401. The Labute approximate surface area is 113 Å². The SMILES string of the molecule is CN(Cc1cccc(N)c1)C(=O)C1CCS(=O)(=O)C1. The zero-order valence-electron chi connectivity index (χ0n) is 10.9. The number of hydrogen-bond acceptors (Lipinski definition) is 4. The van der Waals surface area contributed by atoms with Gasteiger partial charge in [0.2, 0.25) is 5.91 Å². The molecule has 2 N–H and O–H groups in total. The molecule has 0 saturated carbocycles. The number of carbonyl (C=O) groups is 1. The van der Waals surface area contributed by atoms with Crippen molar-refractivity contribution in [3.63, 3.8) is 0 Å². The predicted octanol–water partition coefficient (Wildman–Crippen LogP) is 0.662. The van der Waals surface area contributed by atoms with Crippen molar-refractivity contribution < 1.29 is 13.2 Å². The third kappa shape index (κ3) is 3.47. The largest absolute Gasteiger partial charge is 0.399 e. The van der Waals surface area contributed by atoms with E-state index in [4.69, 9.17) is 5.73 Å². The highest BCUT2D eigenvalue weighted by atomic mass is 32.2. The number of hydrogen-bond donors (Lipinski definition) is 1. The maximum Gasteiger partial charge on any atom is 0.226 e. The van der Waals surface area contributed by atoms with Gasteiger partial charge in [-0.3, -0.25) is 4.79 Å². The maximum atomic E-state index is 12.2. The van der Waals surface area contributed by atoms with Gasteiger partial charge in [-0.05, 0) is 24.1 Å². The van der Waals surface area contributed by atoms with Gasteiger partial charge in [0.25, 0.3) is 0 Å². The summed E-state index contributed by atoms with van der Waals surface area (Å²) in [5.41, 5.74) is 7.28. The van der Waals surface area contributed by atoms with Crippen molar-refractivity contribution >= 4 is 21.4 Å². The van der Waals surface area contributed by atoms with Gasteiger partial charge in [-0.25, -0.2) is 8.42 Å². The van der Waals surface area contributed by atoms with E-state index in [1.807, 2.05) is 18.2 Å². The van der Waals surface area contributed by atoms with E-state index >= 15 is 0 Å². The molecule has 1 aromatic carbocycles. The molecule has 1 unspecified atom stereocenters. The third-order valence-corrected chi connectivity index (χ3v) is 5.10. The first-order valence-corrected chi connectivity index (χ1v) is 7.99. The Hall–Kier alpha value is -1.56. The van der Waals surface area contributed by atoms with E-state index in [1.54, 1.807) is 18.0 Å². The van der Waals surface area contributed by atoms with E-state index in [0.717, 1.165) is 5.56 Å². The zero-order chi connectivity index (χ0) is 14.0. The molecule has 1 amide bonds. The lowest BCUT2D eigenvalue weighted by molar-refractivity contribution is -0.133. The quantitative estimate of drug-likeness (QED) is 0.826. The van der Waals surface area contributed by atoms with Gasteiger partial charge in [-0.2, -0.15) is 0 Å². The summed E-state index contributed by atoms with van der Waals surface area (Å²) in [5, 5.41) is 0. The second-order valence-electron chi connectivity index (χ2n) is 5.04. The Bertz CT molecular complexity index is 583. The van der Waals surface area contributed by atoms with Crippen LogP contribution in [0.25, 0.3) is 0 Å². The van der Waals surface area contributed by atoms with Gasteiger partial charge in [-0.15, -0.1) is 0 Å². The molecule has 0 radical (unpaired) electrons. The molecule has 104 valence electrons. The molecule has 0 aliphatic carbocycles. The Balaban J connectivity index is 2.00. The average Bonchev–Trinajstić information content (AvgIpc) is 2.68. The fraction of sp³-hybridized carbons (Fsp3) is 0.462. The first kappa shape index (κ1) is 13.9. The van der Waals surface area contributed by atoms with Gasteiger partial charge < -0.3 is 10.6 Å². The molecule has 5 nitrogen and oxygen atoms in total. The van der Waals surface area contributed by atoms with E-state index in [0.29, 0.717) is 18.7 Å². The first-order valence-electron chi connectivity index (χ1n) is 6.17. The number of amides is 1. The molecule has 1 aliphatic heterocycles. The molecule has 1 fully saturated rings. The number of carbonyl (C=O) groups excluding carboxylic acids is 1. The maximum absolute atomic E-state index is 12.2. The number of anilines is 1. The Morgan fingerprint density at radius 2 is 2.21 bits per heavy atom. The van der Waals surface area contributed by atoms with E-state index in [1.165, 1.54) is 0 Å². The van der Waals surface area contributed by atoms with Crippen LogP contribution in [0.1, 0.15) is 12.0 Å². The minimum Gasteiger partial charge on any atom is -0.399 e. The number of nitrogens with zero attached hydrogens (tertiary/aromatic N) is 1. The molecule has 1 atom stereocenters. The molecule has 19 heavy (non-hydrogen) atoms. The lowest BCUT2D eigenvalue weighted by Gasteiger charge is -2.20. The van der Waals surface area contributed by atoms with E-state index in [2.05, 4.69) is 0 Å². The Morgan fingerprint density at radius 1 is 1.47 bits per heavy atom. The van der Waals surface area contributed by atoms with Gasteiger partial charge >= 0.3 is 0 Å². The minimum absolute atomic E-state index is 0.0207. The van der Waals surface area contributed by atoms with Gasteiger partial charge in [0.05, 0.1) is 17.4 Å². The van der Waals surface area contributed by atoms with Crippen LogP contribution in [0.15, 0.2) is 24.3 Å². The topological polar surface area (TPSA) is 80.5 Å². The van der Waals surface area contributed by atoms with Gasteiger partial charge in [0.15, 0.2) is 9.84 Å². The molecule has 1 heterocycles. The van der Waals surface area contributed by atoms with Crippen molar-refractivity contribution in [2.75, 3.05) is 24.3 Å². The molecule has 0 aromatic heterocycles. The molecular weight excluding hydrogens is 264 g/mol. The number of rotatable bonds is 3. The molecule has 1 saturated heterocycles. The lowest BCUT2D eigenvalue weighted by atomic mass is 10.1.